The monoisotopic (exact) mass is 448 g/mol. The first kappa shape index (κ1) is 21.8. The van der Waals surface area contributed by atoms with E-state index in [1.807, 2.05) is 35.2 Å². The Balaban J connectivity index is 1.15. The maximum Gasteiger partial charge on any atom is 0.227 e. The molecule has 0 aliphatic carbocycles. The van der Waals surface area contributed by atoms with Crippen LogP contribution in [0.25, 0.3) is 22.4 Å². The van der Waals surface area contributed by atoms with Gasteiger partial charge in [0.2, 0.25) is 5.91 Å². The van der Waals surface area contributed by atoms with Gasteiger partial charge in [-0.15, -0.1) is 10.2 Å². The van der Waals surface area contributed by atoms with Gasteiger partial charge in [-0.25, -0.2) is 0 Å². The molecule has 1 saturated heterocycles. The zero-order chi connectivity index (χ0) is 23.3. The van der Waals surface area contributed by atoms with Crippen LogP contribution in [0.4, 0.5) is 5.82 Å². The number of amides is 1. The molecule has 34 heavy (non-hydrogen) atoms. The number of carbonyl (C=O) groups excluding carboxylic acids is 1. The van der Waals surface area contributed by atoms with Crippen molar-refractivity contribution in [1.29, 1.82) is 0 Å². The van der Waals surface area contributed by atoms with Gasteiger partial charge in [-0.05, 0) is 35.7 Å². The zero-order valence-corrected chi connectivity index (χ0v) is 19.4. The van der Waals surface area contributed by atoms with Crippen LogP contribution in [0.15, 0.2) is 91.0 Å². The summed E-state index contributed by atoms with van der Waals surface area (Å²) in [5.41, 5.74) is 6.56. The van der Waals surface area contributed by atoms with Crippen molar-refractivity contribution in [2.75, 3.05) is 31.1 Å². The fourth-order valence-electron chi connectivity index (χ4n) is 4.29. The first-order chi connectivity index (χ1) is 16.7. The van der Waals surface area contributed by atoms with E-state index in [1.165, 1.54) is 16.7 Å². The molecular weight excluding hydrogens is 420 g/mol. The van der Waals surface area contributed by atoms with Gasteiger partial charge in [-0.1, -0.05) is 84.4 Å². The van der Waals surface area contributed by atoms with E-state index in [4.69, 9.17) is 0 Å². The Morgan fingerprint density at radius 2 is 1.35 bits per heavy atom. The smallest absolute Gasteiger partial charge is 0.227 e. The van der Waals surface area contributed by atoms with Gasteiger partial charge in [-0.3, -0.25) is 4.79 Å². The molecule has 170 valence electrons. The van der Waals surface area contributed by atoms with E-state index in [2.05, 4.69) is 82.7 Å². The number of piperazine rings is 1. The minimum absolute atomic E-state index is 0.174. The summed E-state index contributed by atoms with van der Waals surface area (Å²) in [6.07, 6.45) is 0.431. The van der Waals surface area contributed by atoms with Crippen LogP contribution >= 0.6 is 0 Å². The molecule has 1 amide bonds. The van der Waals surface area contributed by atoms with Crippen molar-refractivity contribution in [1.82, 2.24) is 15.1 Å². The lowest BCUT2D eigenvalue weighted by molar-refractivity contribution is -0.130. The van der Waals surface area contributed by atoms with Gasteiger partial charge in [0.25, 0.3) is 0 Å². The molecule has 3 aromatic carbocycles. The van der Waals surface area contributed by atoms with Crippen molar-refractivity contribution in [2.24, 2.45) is 0 Å². The van der Waals surface area contributed by atoms with Crippen molar-refractivity contribution in [3.8, 4) is 22.4 Å². The molecule has 0 spiro atoms. The number of aromatic nitrogens is 2. The van der Waals surface area contributed by atoms with Crippen LogP contribution < -0.4 is 4.90 Å². The highest BCUT2D eigenvalue weighted by Gasteiger charge is 2.22. The third kappa shape index (κ3) is 4.99. The molecule has 5 nitrogen and oxygen atoms in total. The van der Waals surface area contributed by atoms with Crippen LogP contribution in [0.2, 0.25) is 0 Å². The Hall–Kier alpha value is -3.99. The number of carbonyl (C=O) groups is 1. The first-order valence-corrected chi connectivity index (χ1v) is 11.7. The first-order valence-electron chi connectivity index (χ1n) is 11.7. The molecule has 0 bridgehead atoms. The molecule has 0 atom stereocenters. The average molecular weight is 449 g/mol. The van der Waals surface area contributed by atoms with Gasteiger partial charge in [0.05, 0.1) is 12.1 Å². The number of anilines is 1. The zero-order valence-electron chi connectivity index (χ0n) is 19.4. The molecule has 1 aliphatic rings. The van der Waals surface area contributed by atoms with Crippen LogP contribution in [0.5, 0.6) is 0 Å². The van der Waals surface area contributed by atoms with E-state index >= 15 is 0 Å². The summed E-state index contributed by atoms with van der Waals surface area (Å²) in [5, 5.41) is 8.86. The molecule has 1 fully saturated rings. The lowest BCUT2D eigenvalue weighted by atomic mass is 10.0. The molecule has 5 rings (SSSR count). The van der Waals surface area contributed by atoms with Crippen LogP contribution in [0.1, 0.15) is 11.1 Å². The van der Waals surface area contributed by atoms with E-state index in [0.717, 1.165) is 35.7 Å². The maximum absolute atomic E-state index is 12.9. The van der Waals surface area contributed by atoms with Gasteiger partial charge in [-0.2, -0.15) is 0 Å². The van der Waals surface area contributed by atoms with E-state index in [9.17, 15) is 4.79 Å². The van der Waals surface area contributed by atoms with Gasteiger partial charge in [0.1, 0.15) is 0 Å². The van der Waals surface area contributed by atoms with E-state index < -0.39 is 0 Å². The van der Waals surface area contributed by atoms with Gasteiger partial charge in [0.15, 0.2) is 5.82 Å². The standard InChI is InChI=1S/C29H28N4O/c1-22-7-11-26(12-8-22)27-15-16-28(31-30-27)32-17-19-33(20-18-32)29(34)21-23-9-13-25(14-10-23)24-5-3-2-4-6-24/h2-16H,17-21H2,1H3. The van der Waals surface area contributed by atoms with Crippen molar-refractivity contribution in [3.63, 3.8) is 0 Å². The summed E-state index contributed by atoms with van der Waals surface area (Å²) in [4.78, 5) is 17.0. The number of hydrogen-bond donors (Lipinski definition) is 0. The summed E-state index contributed by atoms with van der Waals surface area (Å²) in [5.74, 6) is 1.03. The predicted molar refractivity (Wildman–Crippen MR) is 137 cm³/mol. The molecule has 1 aromatic heterocycles. The van der Waals surface area contributed by atoms with Crippen molar-refractivity contribution < 1.29 is 4.79 Å². The fourth-order valence-corrected chi connectivity index (χ4v) is 4.29. The van der Waals surface area contributed by atoms with Crippen LogP contribution in [-0.2, 0) is 11.2 Å². The van der Waals surface area contributed by atoms with E-state index in [1.54, 1.807) is 0 Å². The summed E-state index contributed by atoms with van der Waals surface area (Å²) >= 11 is 0. The maximum atomic E-state index is 12.9. The number of aryl methyl sites for hydroxylation is 1. The highest BCUT2D eigenvalue weighted by Crippen LogP contribution is 2.21. The predicted octanol–water partition coefficient (Wildman–Crippen LogP) is 5.01. The lowest BCUT2D eigenvalue weighted by Crippen LogP contribution is -2.49. The van der Waals surface area contributed by atoms with E-state index in [-0.39, 0.29) is 5.91 Å². The topological polar surface area (TPSA) is 49.3 Å². The summed E-state index contributed by atoms with van der Waals surface area (Å²) in [7, 11) is 0. The van der Waals surface area contributed by atoms with Crippen molar-refractivity contribution >= 4 is 11.7 Å². The molecular formula is C29H28N4O. The largest absolute Gasteiger partial charge is 0.352 e. The second-order valence-corrected chi connectivity index (χ2v) is 8.75. The molecule has 0 N–H and O–H groups in total. The Morgan fingerprint density at radius 3 is 2.00 bits per heavy atom. The highest BCUT2D eigenvalue weighted by atomic mass is 16.2. The minimum Gasteiger partial charge on any atom is -0.352 e. The summed E-state index contributed by atoms with van der Waals surface area (Å²) < 4.78 is 0. The molecule has 0 radical (unpaired) electrons. The van der Waals surface area contributed by atoms with Crippen LogP contribution in [0.3, 0.4) is 0 Å². The SMILES string of the molecule is Cc1ccc(-c2ccc(N3CCN(C(=O)Cc4ccc(-c5ccccc5)cc4)CC3)nn2)cc1. The number of nitrogens with zero attached hydrogens (tertiary/aromatic N) is 4. The number of benzene rings is 3. The summed E-state index contributed by atoms with van der Waals surface area (Å²) in [6.45, 7) is 4.99. The van der Waals surface area contributed by atoms with Gasteiger partial charge < -0.3 is 9.80 Å². The summed E-state index contributed by atoms with van der Waals surface area (Å²) in [6, 6.07) is 30.9. The quantitative estimate of drug-likeness (QED) is 0.431. The lowest BCUT2D eigenvalue weighted by Gasteiger charge is -2.35. The molecule has 0 unspecified atom stereocenters. The third-order valence-electron chi connectivity index (χ3n) is 6.37. The van der Waals surface area contributed by atoms with E-state index in [0.29, 0.717) is 19.5 Å². The molecule has 4 aromatic rings. The molecule has 5 heteroatoms. The molecule has 1 aliphatic heterocycles. The second-order valence-electron chi connectivity index (χ2n) is 8.75. The number of rotatable bonds is 5. The average Bonchev–Trinajstić information content (AvgIpc) is 2.90. The molecule has 2 heterocycles. The van der Waals surface area contributed by atoms with Crippen LogP contribution in [-0.4, -0.2) is 47.2 Å². The fraction of sp³-hybridized carbons (Fsp3) is 0.207. The van der Waals surface area contributed by atoms with Crippen LogP contribution in [0, 0.1) is 6.92 Å². The number of hydrogen-bond acceptors (Lipinski definition) is 4. The second kappa shape index (κ2) is 9.87. The van der Waals surface area contributed by atoms with Gasteiger partial charge >= 0.3 is 0 Å². The normalized spacial score (nSPS) is 13.7. The Labute approximate surface area is 200 Å². The van der Waals surface area contributed by atoms with Crippen molar-refractivity contribution in [3.05, 3.63) is 102 Å². The Morgan fingerprint density at radius 1 is 0.706 bits per heavy atom. The molecule has 0 saturated carbocycles. The van der Waals surface area contributed by atoms with Crippen molar-refractivity contribution in [2.45, 2.75) is 13.3 Å². The Bertz CT molecular complexity index is 1230. The van der Waals surface area contributed by atoms with Gasteiger partial charge in [0, 0.05) is 31.7 Å². The highest BCUT2D eigenvalue weighted by molar-refractivity contribution is 5.79. The Kier molecular flexibility index (Phi) is 6.34. The third-order valence-corrected chi connectivity index (χ3v) is 6.37. The minimum atomic E-state index is 0.174.